The number of carboxylic acids is 1. The van der Waals surface area contributed by atoms with E-state index in [-0.39, 0.29) is 17.7 Å². The summed E-state index contributed by atoms with van der Waals surface area (Å²) in [6.07, 6.45) is 0.934. The topological polar surface area (TPSA) is 144 Å². The molecule has 0 aliphatic rings. The van der Waals surface area contributed by atoms with E-state index in [1.165, 1.54) is 0 Å². The number of nitro groups is 1. The first kappa shape index (κ1) is 13.6. The summed E-state index contributed by atoms with van der Waals surface area (Å²) in [4.78, 5) is 28.0. The van der Waals surface area contributed by atoms with Crippen molar-refractivity contribution in [2.24, 2.45) is 5.92 Å². The molecule has 0 amide bonds. The van der Waals surface area contributed by atoms with E-state index < -0.39 is 22.6 Å². The lowest BCUT2D eigenvalue weighted by atomic mass is 10.1. The third kappa shape index (κ3) is 3.03. The van der Waals surface area contributed by atoms with E-state index in [9.17, 15) is 14.9 Å². The number of hydrogen-bond donors (Lipinski definition) is 3. The zero-order chi connectivity index (χ0) is 13.9. The van der Waals surface area contributed by atoms with Crippen molar-refractivity contribution in [3.8, 4) is 0 Å². The van der Waals surface area contributed by atoms with Crippen molar-refractivity contribution in [2.75, 3.05) is 11.1 Å². The molecule has 0 saturated carbocycles. The van der Waals surface area contributed by atoms with Gasteiger partial charge in [-0.05, 0) is 5.92 Å². The number of carbonyl (C=O) groups is 1. The number of aromatic nitrogens is 2. The van der Waals surface area contributed by atoms with Crippen LogP contribution in [0, 0.1) is 16.0 Å². The maximum absolute atomic E-state index is 10.9. The Kier molecular flexibility index (Phi) is 3.97. The summed E-state index contributed by atoms with van der Waals surface area (Å²) in [7, 11) is 0. The quantitative estimate of drug-likeness (QED) is 0.509. The Morgan fingerprint density at radius 2 is 2.22 bits per heavy atom. The molecule has 1 aromatic rings. The molecule has 0 radical (unpaired) electrons. The van der Waals surface area contributed by atoms with Crippen LogP contribution >= 0.6 is 0 Å². The number of nitrogens with one attached hydrogen (secondary N) is 1. The number of anilines is 2. The highest BCUT2D eigenvalue weighted by Crippen LogP contribution is 2.19. The molecule has 18 heavy (non-hydrogen) atoms. The van der Waals surface area contributed by atoms with Gasteiger partial charge in [-0.15, -0.1) is 0 Å². The van der Waals surface area contributed by atoms with E-state index in [4.69, 9.17) is 10.8 Å². The van der Waals surface area contributed by atoms with Gasteiger partial charge in [-0.25, -0.2) is 9.78 Å². The molecule has 9 nitrogen and oxygen atoms in total. The van der Waals surface area contributed by atoms with Crippen molar-refractivity contribution in [3.63, 3.8) is 0 Å². The highest BCUT2D eigenvalue weighted by molar-refractivity contribution is 5.77. The lowest BCUT2D eigenvalue weighted by molar-refractivity contribution is -0.384. The molecular weight excluding hydrogens is 242 g/mol. The minimum atomic E-state index is -1.06. The van der Waals surface area contributed by atoms with Crippen LogP contribution in [0.3, 0.4) is 0 Å². The van der Waals surface area contributed by atoms with Gasteiger partial charge >= 0.3 is 11.7 Å². The number of carboxylic acid groups (broad SMARTS) is 1. The Labute approximate surface area is 102 Å². The van der Waals surface area contributed by atoms with Crippen molar-refractivity contribution in [2.45, 2.75) is 19.9 Å². The third-order valence-electron chi connectivity index (χ3n) is 2.21. The molecule has 0 unspecified atom stereocenters. The molecule has 1 aromatic heterocycles. The van der Waals surface area contributed by atoms with Crippen LogP contribution in [-0.2, 0) is 4.79 Å². The normalized spacial score (nSPS) is 12.2. The van der Waals surface area contributed by atoms with E-state index in [1.54, 1.807) is 13.8 Å². The Balaban J connectivity index is 2.95. The number of nitrogens with two attached hydrogens (primary N) is 1. The summed E-state index contributed by atoms with van der Waals surface area (Å²) >= 11 is 0. The van der Waals surface area contributed by atoms with E-state index in [2.05, 4.69) is 15.3 Å². The first-order valence-corrected chi connectivity index (χ1v) is 5.09. The van der Waals surface area contributed by atoms with Gasteiger partial charge in [0.2, 0.25) is 11.8 Å². The minimum Gasteiger partial charge on any atom is -0.480 e. The molecule has 4 N–H and O–H groups in total. The Hall–Kier alpha value is -2.45. The fourth-order valence-corrected chi connectivity index (χ4v) is 1.25. The number of rotatable bonds is 5. The highest BCUT2D eigenvalue weighted by atomic mass is 16.6. The van der Waals surface area contributed by atoms with Crippen molar-refractivity contribution in [1.82, 2.24) is 9.97 Å². The molecule has 0 fully saturated rings. The van der Waals surface area contributed by atoms with Gasteiger partial charge in [0.25, 0.3) is 0 Å². The molecule has 1 rings (SSSR count). The first-order valence-electron chi connectivity index (χ1n) is 5.09. The van der Waals surface area contributed by atoms with Crippen LogP contribution in [0.15, 0.2) is 6.20 Å². The van der Waals surface area contributed by atoms with Crippen LogP contribution in [0.2, 0.25) is 0 Å². The van der Waals surface area contributed by atoms with Gasteiger partial charge in [0.1, 0.15) is 12.2 Å². The summed E-state index contributed by atoms with van der Waals surface area (Å²) in [6.45, 7) is 3.42. The SMILES string of the molecule is CC(C)[C@@H](Nc1ncc([N+](=O)[O-])c(N)n1)C(=O)O. The summed E-state index contributed by atoms with van der Waals surface area (Å²) in [5.41, 5.74) is 4.95. The van der Waals surface area contributed by atoms with Crippen molar-refractivity contribution in [3.05, 3.63) is 16.3 Å². The van der Waals surface area contributed by atoms with Gasteiger partial charge in [0.05, 0.1) is 4.92 Å². The molecule has 1 atom stereocenters. The number of nitrogens with zero attached hydrogens (tertiary/aromatic N) is 3. The second-order valence-electron chi connectivity index (χ2n) is 3.93. The van der Waals surface area contributed by atoms with Gasteiger partial charge in [0.15, 0.2) is 0 Å². The molecule has 0 aliphatic carbocycles. The average molecular weight is 255 g/mol. The second kappa shape index (κ2) is 5.25. The van der Waals surface area contributed by atoms with Crippen molar-refractivity contribution in [1.29, 1.82) is 0 Å². The molecule has 0 aromatic carbocycles. The summed E-state index contributed by atoms with van der Waals surface area (Å²) in [6, 6.07) is -0.897. The number of hydrogen-bond acceptors (Lipinski definition) is 7. The zero-order valence-corrected chi connectivity index (χ0v) is 9.82. The monoisotopic (exact) mass is 255 g/mol. The standard InChI is InChI=1S/C9H13N5O4/c1-4(2)6(8(15)16)12-9-11-3-5(14(17)18)7(10)13-9/h3-4,6H,1-2H3,(H,15,16)(H3,10,11,12,13)/t6-/m1/s1. The fraction of sp³-hybridized carbons (Fsp3) is 0.444. The van der Waals surface area contributed by atoms with E-state index in [1.807, 2.05) is 0 Å². The Morgan fingerprint density at radius 1 is 1.61 bits per heavy atom. The predicted molar refractivity (Wildman–Crippen MR) is 63.0 cm³/mol. The van der Waals surface area contributed by atoms with Crippen LogP contribution in [0.1, 0.15) is 13.8 Å². The average Bonchev–Trinajstić information content (AvgIpc) is 2.24. The van der Waals surface area contributed by atoms with Crippen molar-refractivity contribution >= 4 is 23.4 Å². The zero-order valence-electron chi connectivity index (χ0n) is 9.82. The molecule has 0 bridgehead atoms. The van der Waals surface area contributed by atoms with Gasteiger partial charge in [-0.1, -0.05) is 13.8 Å². The fourth-order valence-electron chi connectivity index (χ4n) is 1.25. The summed E-state index contributed by atoms with van der Waals surface area (Å²) in [5, 5.41) is 22.0. The summed E-state index contributed by atoms with van der Waals surface area (Å²) < 4.78 is 0. The lowest BCUT2D eigenvalue weighted by Crippen LogP contribution is -2.35. The minimum absolute atomic E-state index is 0.0563. The van der Waals surface area contributed by atoms with Crippen LogP contribution in [0.4, 0.5) is 17.5 Å². The number of nitrogen functional groups attached to an aromatic ring is 1. The molecule has 0 spiro atoms. The maximum atomic E-state index is 10.9. The Morgan fingerprint density at radius 3 is 2.61 bits per heavy atom. The Bertz CT molecular complexity index is 476. The molecule has 9 heteroatoms. The number of aliphatic carboxylic acids is 1. The predicted octanol–water partition coefficient (Wildman–Crippen LogP) is 0.488. The largest absolute Gasteiger partial charge is 0.480 e. The molecule has 1 heterocycles. The second-order valence-corrected chi connectivity index (χ2v) is 3.93. The highest BCUT2D eigenvalue weighted by Gasteiger charge is 2.23. The first-order chi connectivity index (χ1) is 8.32. The third-order valence-corrected chi connectivity index (χ3v) is 2.21. The lowest BCUT2D eigenvalue weighted by Gasteiger charge is -2.17. The maximum Gasteiger partial charge on any atom is 0.329 e. The van der Waals surface area contributed by atoms with Gasteiger partial charge in [-0.3, -0.25) is 10.1 Å². The molecule has 0 aliphatic heterocycles. The van der Waals surface area contributed by atoms with Crippen LogP contribution in [-0.4, -0.2) is 32.0 Å². The van der Waals surface area contributed by atoms with Crippen LogP contribution in [0.5, 0.6) is 0 Å². The van der Waals surface area contributed by atoms with Gasteiger partial charge in [0, 0.05) is 0 Å². The van der Waals surface area contributed by atoms with E-state index in [0.29, 0.717) is 0 Å². The molecule has 0 saturated heterocycles. The van der Waals surface area contributed by atoms with Crippen LogP contribution < -0.4 is 11.1 Å². The van der Waals surface area contributed by atoms with Gasteiger partial charge < -0.3 is 16.2 Å². The van der Waals surface area contributed by atoms with Crippen molar-refractivity contribution < 1.29 is 14.8 Å². The molecule has 98 valence electrons. The van der Waals surface area contributed by atoms with Crippen LogP contribution in [0.25, 0.3) is 0 Å². The van der Waals surface area contributed by atoms with E-state index >= 15 is 0 Å². The molecular formula is C9H13N5O4. The summed E-state index contributed by atoms with van der Waals surface area (Å²) in [5.74, 6) is -1.64. The smallest absolute Gasteiger partial charge is 0.329 e. The van der Waals surface area contributed by atoms with Gasteiger partial charge in [-0.2, -0.15) is 4.98 Å². The van der Waals surface area contributed by atoms with E-state index in [0.717, 1.165) is 6.20 Å².